The average molecular weight is 259 g/mol. The first-order valence-electron chi connectivity index (χ1n) is 6.48. The lowest BCUT2D eigenvalue weighted by Gasteiger charge is -2.09. The van der Waals surface area contributed by atoms with Crippen LogP contribution in [0.25, 0.3) is 11.3 Å². The Kier molecular flexibility index (Phi) is 4.65. The summed E-state index contributed by atoms with van der Waals surface area (Å²) in [5, 5.41) is 12.3. The molecule has 0 spiro atoms. The van der Waals surface area contributed by atoms with Crippen LogP contribution in [-0.2, 0) is 13.6 Å². The Hall–Kier alpha value is -1.72. The van der Waals surface area contributed by atoms with Crippen molar-refractivity contribution in [1.29, 1.82) is 0 Å². The second-order valence-electron chi connectivity index (χ2n) is 4.83. The molecule has 5 heteroatoms. The first-order chi connectivity index (χ1) is 9.16. The van der Waals surface area contributed by atoms with E-state index in [0.29, 0.717) is 0 Å². The number of hydrogen-bond donors (Lipinski definition) is 1. The zero-order valence-electron chi connectivity index (χ0n) is 11.8. The molecule has 1 aromatic heterocycles. The van der Waals surface area contributed by atoms with E-state index >= 15 is 0 Å². The molecule has 0 saturated carbocycles. The van der Waals surface area contributed by atoms with Gasteiger partial charge in [-0.2, -0.15) is 15.0 Å². The van der Waals surface area contributed by atoms with Gasteiger partial charge in [0, 0.05) is 32.2 Å². The van der Waals surface area contributed by atoms with E-state index in [1.165, 1.54) is 0 Å². The van der Waals surface area contributed by atoms with Gasteiger partial charge in [-0.1, -0.05) is 30.3 Å². The Morgan fingerprint density at radius 3 is 2.58 bits per heavy atom. The fourth-order valence-corrected chi connectivity index (χ4v) is 1.90. The van der Waals surface area contributed by atoms with Crippen LogP contribution in [0.15, 0.2) is 30.3 Å². The number of hydrogen-bond acceptors (Lipinski definition) is 4. The Balaban J connectivity index is 2.05. The maximum absolute atomic E-state index is 4.45. The van der Waals surface area contributed by atoms with Crippen LogP contribution in [0.2, 0.25) is 0 Å². The fourth-order valence-electron chi connectivity index (χ4n) is 1.90. The Morgan fingerprint density at radius 1 is 1.16 bits per heavy atom. The normalized spacial score (nSPS) is 11.2. The van der Waals surface area contributed by atoms with Crippen LogP contribution in [0.1, 0.15) is 5.69 Å². The maximum Gasteiger partial charge on any atom is 0.117 e. The molecular formula is C14H21N5. The van der Waals surface area contributed by atoms with Crippen LogP contribution in [0, 0.1) is 0 Å². The largest absolute Gasteiger partial charge is 0.310 e. The molecule has 0 radical (unpaired) electrons. The Labute approximate surface area is 114 Å². The third-order valence-corrected chi connectivity index (χ3v) is 2.86. The van der Waals surface area contributed by atoms with Gasteiger partial charge in [0.25, 0.3) is 0 Å². The smallest absolute Gasteiger partial charge is 0.117 e. The van der Waals surface area contributed by atoms with E-state index in [9.17, 15) is 0 Å². The summed E-state index contributed by atoms with van der Waals surface area (Å²) in [5.41, 5.74) is 3.06. The number of nitrogens with one attached hydrogen (secondary N) is 1. The number of aryl methyl sites for hydroxylation is 1. The molecule has 0 atom stereocenters. The van der Waals surface area contributed by atoms with Crippen molar-refractivity contribution >= 4 is 0 Å². The van der Waals surface area contributed by atoms with Gasteiger partial charge in [-0.25, -0.2) is 0 Å². The molecular weight excluding hydrogens is 238 g/mol. The monoisotopic (exact) mass is 259 g/mol. The second kappa shape index (κ2) is 6.45. The molecule has 0 bridgehead atoms. The lowest BCUT2D eigenvalue weighted by atomic mass is 10.1. The van der Waals surface area contributed by atoms with Gasteiger partial charge in [0.2, 0.25) is 0 Å². The molecule has 1 N–H and O–H groups in total. The summed E-state index contributed by atoms with van der Waals surface area (Å²) >= 11 is 0. The summed E-state index contributed by atoms with van der Waals surface area (Å²) in [4.78, 5) is 3.78. The van der Waals surface area contributed by atoms with Crippen molar-refractivity contribution in [3.63, 3.8) is 0 Å². The molecule has 0 fully saturated rings. The van der Waals surface area contributed by atoms with Crippen LogP contribution >= 0.6 is 0 Å². The van der Waals surface area contributed by atoms with Crippen molar-refractivity contribution in [1.82, 2.24) is 25.2 Å². The molecule has 2 aromatic rings. The molecule has 19 heavy (non-hydrogen) atoms. The van der Waals surface area contributed by atoms with Crippen LogP contribution in [0.4, 0.5) is 0 Å². The number of nitrogens with zero attached hydrogens (tertiary/aromatic N) is 4. The van der Waals surface area contributed by atoms with Gasteiger partial charge in [-0.3, -0.25) is 0 Å². The van der Waals surface area contributed by atoms with E-state index in [1.807, 2.05) is 25.2 Å². The molecule has 0 aliphatic heterocycles. The minimum atomic E-state index is 0.742. The van der Waals surface area contributed by atoms with E-state index in [4.69, 9.17) is 0 Å². The zero-order chi connectivity index (χ0) is 13.7. The van der Waals surface area contributed by atoms with Crippen LogP contribution in [0.3, 0.4) is 0 Å². The van der Waals surface area contributed by atoms with E-state index < -0.39 is 0 Å². The van der Waals surface area contributed by atoms with E-state index in [0.717, 1.165) is 36.6 Å². The summed E-state index contributed by atoms with van der Waals surface area (Å²) in [5.74, 6) is 0. The molecule has 0 aliphatic rings. The SMILES string of the molecule is CN(C)CCNCc1nn(C)nc1-c1ccccc1. The molecule has 102 valence electrons. The van der Waals surface area contributed by atoms with Crippen molar-refractivity contribution in [3.05, 3.63) is 36.0 Å². The molecule has 0 saturated heterocycles. The molecule has 1 aromatic carbocycles. The van der Waals surface area contributed by atoms with Gasteiger partial charge in [0.15, 0.2) is 0 Å². The zero-order valence-corrected chi connectivity index (χ0v) is 11.8. The van der Waals surface area contributed by atoms with Crippen LogP contribution < -0.4 is 5.32 Å². The first-order valence-corrected chi connectivity index (χ1v) is 6.48. The van der Waals surface area contributed by atoms with E-state index in [2.05, 4.69) is 46.6 Å². The van der Waals surface area contributed by atoms with Gasteiger partial charge in [0.05, 0.1) is 0 Å². The predicted molar refractivity (Wildman–Crippen MR) is 76.7 cm³/mol. The highest BCUT2D eigenvalue weighted by Gasteiger charge is 2.10. The number of likely N-dealkylation sites (N-methyl/N-ethyl adjacent to an activating group) is 1. The lowest BCUT2D eigenvalue weighted by Crippen LogP contribution is -2.26. The summed E-state index contributed by atoms with van der Waals surface area (Å²) in [6, 6.07) is 10.2. The number of aromatic nitrogens is 3. The minimum Gasteiger partial charge on any atom is -0.310 e. The highest BCUT2D eigenvalue weighted by Crippen LogP contribution is 2.19. The Morgan fingerprint density at radius 2 is 1.89 bits per heavy atom. The third kappa shape index (κ3) is 3.87. The van der Waals surface area contributed by atoms with Gasteiger partial charge in [-0.05, 0) is 14.1 Å². The quantitative estimate of drug-likeness (QED) is 0.790. The second-order valence-corrected chi connectivity index (χ2v) is 4.83. The highest BCUT2D eigenvalue weighted by molar-refractivity contribution is 5.60. The standard InChI is InChI=1S/C14H21N5/c1-18(2)10-9-15-11-13-14(17-19(3)16-13)12-7-5-4-6-8-12/h4-8,15H,9-11H2,1-3H3. The topological polar surface area (TPSA) is 46.0 Å². The maximum atomic E-state index is 4.45. The molecule has 5 nitrogen and oxygen atoms in total. The summed E-state index contributed by atoms with van der Waals surface area (Å²) in [6.07, 6.45) is 0. The van der Waals surface area contributed by atoms with E-state index in [1.54, 1.807) is 4.80 Å². The predicted octanol–water partition coefficient (Wildman–Crippen LogP) is 1.13. The summed E-state index contributed by atoms with van der Waals surface area (Å²) in [7, 11) is 5.99. The minimum absolute atomic E-state index is 0.742. The van der Waals surface area contributed by atoms with E-state index in [-0.39, 0.29) is 0 Å². The van der Waals surface area contributed by atoms with Crippen molar-refractivity contribution < 1.29 is 0 Å². The van der Waals surface area contributed by atoms with Crippen molar-refractivity contribution in [2.45, 2.75) is 6.54 Å². The van der Waals surface area contributed by atoms with Gasteiger partial charge in [-0.15, -0.1) is 0 Å². The fraction of sp³-hybridized carbons (Fsp3) is 0.429. The summed E-state index contributed by atoms with van der Waals surface area (Å²) < 4.78 is 0. The molecule has 0 amide bonds. The lowest BCUT2D eigenvalue weighted by molar-refractivity contribution is 0.399. The van der Waals surface area contributed by atoms with Gasteiger partial charge < -0.3 is 10.2 Å². The first kappa shape index (κ1) is 13.7. The summed E-state index contributed by atoms with van der Waals surface area (Å²) in [6.45, 7) is 2.70. The Bertz CT molecular complexity index is 504. The molecule has 0 aliphatic carbocycles. The molecule has 2 rings (SSSR count). The molecule has 1 heterocycles. The average Bonchev–Trinajstić information content (AvgIpc) is 2.77. The van der Waals surface area contributed by atoms with Gasteiger partial charge >= 0.3 is 0 Å². The van der Waals surface area contributed by atoms with Crippen molar-refractivity contribution in [2.24, 2.45) is 7.05 Å². The van der Waals surface area contributed by atoms with Crippen molar-refractivity contribution in [2.75, 3.05) is 27.2 Å². The van der Waals surface area contributed by atoms with Crippen LogP contribution in [0.5, 0.6) is 0 Å². The molecule has 0 unspecified atom stereocenters. The highest BCUT2D eigenvalue weighted by atomic mass is 15.5. The number of benzene rings is 1. The number of rotatable bonds is 6. The third-order valence-electron chi connectivity index (χ3n) is 2.86. The van der Waals surface area contributed by atoms with Gasteiger partial charge in [0.1, 0.15) is 11.4 Å². The van der Waals surface area contributed by atoms with Crippen molar-refractivity contribution in [3.8, 4) is 11.3 Å². The van der Waals surface area contributed by atoms with Crippen LogP contribution in [-0.4, -0.2) is 47.1 Å².